The zero-order chi connectivity index (χ0) is 31.1. The summed E-state index contributed by atoms with van der Waals surface area (Å²) in [6.45, 7) is 5.54. The van der Waals surface area contributed by atoms with E-state index in [2.05, 4.69) is 0 Å². The fourth-order valence-corrected chi connectivity index (χ4v) is 4.10. The first kappa shape index (κ1) is 31.9. The molecule has 2 aromatic rings. The maximum absolute atomic E-state index is 12.6. The van der Waals surface area contributed by atoms with E-state index < -0.39 is 78.5 Å². The van der Waals surface area contributed by atoms with Gasteiger partial charge in [-0.05, 0) is 12.1 Å². The molecule has 228 valence electrons. The molecule has 1 aromatic heterocycles. The molecule has 2 heterocycles. The second kappa shape index (κ2) is 13.8. The molecule has 0 spiro atoms. The molecule has 0 saturated carbocycles. The molecule has 1 fully saturated rings. The van der Waals surface area contributed by atoms with Gasteiger partial charge in [-0.2, -0.15) is 0 Å². The summed E-state index contributed by atoms with van der Waals surface area (Å²) < 4.78 is 48.7. The topological polar surface area (TPSA) is 189 Å². The van der Waals surface area contributed by atoms with E-state index in [4.69, 9.17) is 42.3 Å². The Morgan fingerprint density at radius 3 is 2.02 bits per heavy atom. The summed E-state index contributed by atoms with van der Waals surface area (Å²) in [4.78, 5) is 71.8. The van der Waals surface area contributed by atoms with Crippen molar-refractivity contribution in [3.63, 3.8) is 0 Å². The summed E-state index contributed by atoms with van der Waals surface area (Å²) in [7, 11) is 1.28. The number of rotatable bonds is 10. The zero-order valence-corrected chi connectivity index (χ0v) is 23.7. The van der Waals surface area contributed by atoms with Gasteiger partial charge in [-0.25, -0.2) is 4.79 Å². The molecule has 5 atom stereocenters. The molecule has 1 aliphatic heterocycles. The van der Waals surface area contributed by atoms with E-state index in [9.17, 15) is 28.8 Å². The van der Waals surface area contributed by atoms with Gasteiger partial charge in [0.25, 0.3) is 5.75 Å². The summed E-state index contributed by atoms with van der Waals surface area (Å²) in [5.41, 5.74) is -1.03. The molecule has 3 rings (SSSR count). The van der Waals surface area contributed by atoms with Crippen LogP contribution in [0.5, 0.6) is 17.2 Å². The average Bonchev–Trinajstić information content (AvgIpc) is 2.90. The van der Waals surface area contributed by atoms with Gasteiger partial charge in [-0.15, -0.1) is 0 Å². The van der Waals surface area contributed by atoms with Crippen molar-refractivity contribution in [2.24, 2.45) is 0 Å². The number of hydrogen-bond donors (Lipinski definition) is 0. The predicted molar refractivity (Wildman–Crippen MR) is 138 cm³/mol. The van der Waals surface area contributed by atoms with Crippen LogP contribution in [0.25, 0.3) is 11.0 Å². The summed E-state index contributed by atoms with van der Waals surface area (Å²) in [6.07, 6.45) is -7.02. The molecule has 0 amide bonds. The SMILES string of the molecule is CCC(=O)Oc1c(OC)c2ccc(O[C@H]3O[C@H](COC(C)=O)[C@@H](OC(C)=O)[C@H](OC(C)=O)[C@@H]3OC(C)=O)cc2oc1=O. The molecule has 1 aromatic carbocycles. The van der Waals surface area contributed by atoms with Crippen molar-refractivity contribution in [2.45, 2.75) is 71.7 Å². The van der Waals surface area contributed by atoms with E-state index >= 15 is 0 Å². The quantitative estimate of drug-likeness (QED) is 0.219. The van der Waals surface area contributed by atoms with Crippen LogP contribution in [0.1, 0.15) is 41.0 Å². The van der Waals surface area contributed by atoms with Crippen molar-refractivity contribution >= 4 is 40.8 Å². The number of methoxy groups -OCH3 is 1. The van der Waals surface area contributed by atoms with E-state index in [0.717, 1.165) is 27.7 Å². The smallest absolute Gasteiger partial charge is 0.383 e. The van der Waals surface area contributed by atoms with Crippen molar-refractivity contribution in [3.05, 3.63) is 28.6 Å². The Morgan fingerprint density at radius 1 is 0.833 bits per heavy atom. The number of carbonyl (C=O) groups excluding carboxylic acids is 5. The fourth-order valence-electron chi connectivity index (χ4n) is 4.10. The lowest BCUT2D eigenvalue weighted by molar-refractivity contribution is -0.288. The molecule has 15 heteroatoms. The van der Waals surface area contributed by atoms with Gasteiger partial charge >= 0.3 is 35.5 Å². The van der Waals surface area contributed by atoms with E-state index in [1.54, 1.807) is 6.92 Å². The van der Waals surface area contributed by atoms with Crippen LogP contribution >= 0.6 is 0 Å². The largest absolute Gasteiger partial charge is 0.492 e. The zero-order valence-electron chi connectivity index (χ0n) is 23.7. The van der Waals surface area contributed by atoms with E-state index in [-0.39, 0.29) is 28.9 Å². The Kier molecular flexibility index (Phi) is 10.5. The van der Waals surface area contributed by atoms with Crippen LogP contribution in [0.15, 0.2) is 27.4 Å². The van der Waals surface area contributed by atoms with Crippen LogP contribution in [-0.4, -0.2) is 74.3 Å². The minimum absolute atomic E-state index is 0.00337. The highest BCUT2D eigenvalue weighted by Gasteiger charge is 2.53. The van der Waals surface area contributed by atoms with E-state index in [0.29, 0.717) is 0 Å². The molecule has 42 heavy (non-hydrogen) atoms. The first-order valence-corrected chi connectivity index (χ1v) is 12.7. The normalized spacial score (nSPS) is 21.5. The van der Waals surface area contributed by atoms with Crippen molar-refractivity contribution in [1.82, 2.24) is 0 Å². The standard InChI is InChI=1S/C27H30O15/c1-7-20(32)42-24-21(34-6)17-9-8-16(10-18(17)40-26(24)33)39-27-25(38-15(5)31)23(37-14(4)30)22(36-13(3)29)19(41-27)11-35-12(2)28/h8-10,19,22-23,25,27H,7,11H2,1-6H3/t19-,22-,23+,25+,27+/m1/s1. The Bertz CT molecular complexity index is 1410. The molecule has 0 radical (unpaired) electrons. The molecule has 0 aliphatic carbocycles. The highest BCUT2D eigenvalue weighted by Crippen LogP contribution is 2.36. The highest BCUT2D eigenvalue weighted by atomic mass is 16.7. The third kappa shape index (κ3) is 7.75. The van der Waals surface area contributed by atoms with Gasteiger partial charge < -0.3 is 42.3 Å². The number of fused-ring (bicyclic) bond motifs is 1. The van der Waals surface area contributed by atoms with Crippen LogP contribution in [0.2, 0.25) is 0 Å². The van der Waals surface area contributed by atoms with Crippen LogP contribution in [-0.2, 0) is 47.7 Å². The third-order valence-corrected chi connectivity index (χ3v) is 5.70. The number of esters is 5. The van der Waals surface area contributed by atoms with E-state index in [1.807, 2.05) is 0 Å². The number of hydrogen-bond acceptors (Lipinski definition) is 15. The average molecular weight is 595 g/mol. The van der Waals surface area contributed by atoms with Gasteiger partial charge in [0.05, 0.1) is 12.5 Å². The summed E-state index contributed by atoms with van der Waals surface area (Å²) >= 11 is 0. The second-order valence-electron chi connectivity index (χ2n) is 8.92. The first-order valence-electron chi connectivity index (χ1n) is 12.7. The Hall–Kier alpha value is -4.66. The van der Waals surface area contributed by atoms with Gasteiger partial charge in [0.15, 0.2) is 18.0 Å². The fraction of sp³-hybridized carbons (Fsp3) is 0.481. The monoisotopic (exact) mass is 594 g/mol. The van der Waals surface area contributed by atoms with Gasteiger partial charge in [0.2, 0.25) is 12.4 Å². The Morgan fingerprint density at radius 2 is 1.45 bits per heavy atom. The molecule has 0 bridgehead atoms. The van der Waals surface area contributed by atoms with Crippen molar-refractivity contribution in [3.8, 4) is 17.2 Å². The van der Waals surface area contributed by atoms with Crippen molar-refractivity contribution in [1.29, 1.82) is 0 Å². The van der Waals surface area contributed by atoms with Crippen LogP contribution < -0.4 is 19.8 Å². The molecule has 15 nitrogen and oxygen atoms in total. The van der Waals surface area contributed by atoms with Crippen LogP contribution in [0, 0.1) is 0 Å². The molecule has 0 N–H and O–H groups in total. The lowest BCUT2D eigenvalue weighted by Crippen LogP contribution is -2.63. The van der Waals surface area contributed by atoms with Gasteiger partial charge in [-0.1, -0.05) is 6.92 Å². The summed E-state index contributed by atoms with van der Waals surface area (Å²) in [5.74, 6) is -4.20. The third-order valence-electron chi connectivity index (χ3n) is 5.70. The molecule has 0 unspecified atom stereocenters. The van der Waals surface area contributed by atoms with Gasteiger partial charge in [-0.3, -0.25) is 24.0 Å². The molecular formula is C27H30O15. The number of benzene rings is 1. The Balaban J connectivity index is 2.06. The number of ether oxygens (including phenoxy) is 8. The first-order chi connectivity index (χ1) is 19.8. The summed E-state index contributed by atoms with van der Waals surface area (Å²) in [5, 5.41) is 0.255. The van der Waals surface area contributed by atoms with Crippen molar-refractivity contribution < 1.29 is 66.3 Å². The second-order valence-corrected chi connectivity index (χ2v) is 8.92. The van der Waals surface area contributed by atoms with E-state index in [1.165, 1.54) is 25.3 Å². The predicted octanol–water partition coefficient (Wildman–Crippen LogP) is 1.58. The highest BCUT2D eigenvalue weighted by molar-refractivity contribution is 5.88. The minimum Gasteiger partial charge on any atom is -0.492 e. The number of carbonyl (C=O) groups is 5. The van der Waals surface area contributed by atoms with Crippen LogP contribution in [0.3, 0.4) is 0 Å². The molecular weight excluding hydrogens is 564 g/mol. The summed E-state index contributed by atoms with van der Waals surface area (Å²) in [6, 6.07) is 4.16. The maximum atomic E-state index is 12.6. The lowest BCUT2D eigenvalue weighted by Gasteiger charge is -2.43. The van der Waals surface area contributed by atoms with Crippen molar-refractivity contribution in [2.75, 3.05) is 13.7 Å². The maximum Gasteiger partial charge on any atom is 0.383 e. The van der Waals surface area contributed by atoms with Crippen LogP contribution in [0.4, 0.5) is 0 Å². The molecule has 1 saturated heterocycles. The Labute approximate surface area is 238 Å². The minimum atomic E-state index is -1.51. The molecule has 1 aliphatic rings. The van der Waals surface area contributed by atoms with Gasteiger partial charge in [0.1, 0.15) is 24.0 Å². The van der Waals surface area contributed by atoms with Gasteiger partial charge in [0, 0.05) is 40.2 Å². The lowest BCUT2D eigenvalue weighted by atomic mass is 9.98.